The summed E-state index contributed by atoms with van der Waals surface area (Å²) in [6, 6.07) is 12.1. The van der Waals surface area contributed by atoms with Gasteiger partial charge in [0.15, 0.2) is 0 Å². The molecule has 0 saturated carbocycles. The summed E-state index contributed by atoms with van der Waals surface area (Å²) in [6.45, 7) is 1.45. The fourth-order valence-corrected chi connectivity index (χ4v) is 2.51. The molecule has 0 bridgehead atoms. The van der Waals surface area contributed by atoms with Crippen LogP contribution >= 0.6 is 23.2 Å². The Labute approximate surface area is 149 Å². The number of anilines is 2. The Morgan fingerprint density at radius 2 is 1.50 bits per heavy atom. The first-order valence-corrected chi connectivity index (χ1v) is 7.88. The summed E-state index contributed by atoms with van der Waals surface area (Å²) >= 11 is 11.7. The van der Waals surface area contributed by atoms with Crippen LogP contribution in [-0.2, 0) is 14.3 Å². The molecule has 2 rings (SSSR count). The van der Waals surface area contributed by atoms with Crippen molar-refractivity contribution < 1.29 is 14.3 Å². The van der Waals surface area contributed by atoms with E-state index in [1.807, 2.05) is 25.1 Å². The summed E-state index contributed by atoms with van der Waals surface area (Å²) in [7, 11) is 0. The van der Waals surface area contributed by atoms with Crippen molar-refractivity contribution in [3.8, 4) is 0 Å². The van der Waals surface area contributed by atoms with Gasteiger partial charge >= 0.3 is 0 Å². The molecular weight excluding hydrogens is 351 g/mol. The molecule has 0 aliphatic heterocycles. The van der Waals surface area contributed by atoms with E-state index >= 15 is 0 Å². The van der Waals surface area contributed by atoms with E-state index in [1.165, 1.54) is 0 Å². The van der Waals surface area contributed by atoms with Crippen molar-refractivity contribution in [3.05, 3.63) is 58.1 Å². The van der Waals surface area contributed by atoms with Gasteiger partial charge in [0.1, 0.15) is 13.2 Å². The van der Waals surface area contributed by atoms with Crippen LogP contribution in [0.1, 0.15) is 5.56 Å². The third-order valence-corrected chi connectivity index (χ3v) is 3.35. The number of ether oxygens (including phenoxy) is 1. The standard InChI is InChI=1S/C17H16Cl2N2O3/c1-11-3-2-4-14(5-11)20-16(22)9-24-10-17(23)21-15-7-12(18)6-13(19)8-15/h2-8H,9-10H2,1H3,(H,20,22)(H,21,23). The molecular formula is C17H16Cl2N2O3. The number of benzene rings is 2. The lowest BCUT2D eigenvalue weighted by molar-refractivity contribution is -0.125. The molecule has 0 heterocycles. The van der Waals surface area contributed by atoms with Crippen molar-refractivity contribution in [3.63, 3.8) is 0 Å². The van der Waals surface area contributed by atoms with Gasteiger partial charge in [-0.1, -0.05) is 35.3 Å². The zero-order valence-corrected chi connectivity index (χ0v) is 14.4. The largest absolute Gasteiger partial charge is 0.362 e. The molecule has 0 aliphatic carbocycles. The summed E-state index contributed by atoms with van der Waals surface area (Å²) in [6.07, 6.45) is 0. The second-order valence-electron chi connectivity index (χ2n) is 5.12. The first-order chi connectivity index (χ1) is 11.4. The van der Waals surface area contributed by atoms with Crippen LogP contribution in [0, 0.1) is 6.92 Å². The van der Waals surface area contributed by atoms with Gasteiger partial charge < -0.3 is 15.4 Å². The van der Waals surface area contributed by atoms with Gasteiger partial charge in [0.2, 0.25) is 11.8 Å². The van der Waals surface area contributed by atoms with Gasteiger partial charge in [-0.05, 0) is 42.8 Å². The minimum atomic E-state index is -0.406. The molecule has 2 amide bonds. The number of rotatable bonds is 6. The lowest BCUT2D eigenvalue weighted by Crippen LogP contribution is -2.24. The van der Waals surface area contributed by atoms with Gasteiger partial charge in [0, 0.05) is 21.4 Å². The summed E-state index contributed by atoms with van der Waals surface area (Å²) in [5.74, 6) is -0.740. The molecule has 2 aromatic carbocycles. The predicted octanol–water partition coefficient (Wildman–Crippen LogP) is 3.90. The normalized spacial score (nSPS) is 10.3. The maximum atomic E-state index is 11.8. The van der Waals surface area contributed by atoms with Crippen LogP contribution < -0.4 is 10.6 Å². The van der Waals surface area contributed by atoms with Gasteiger partial charge in [-0.3, -0.25) is 9.59 Å². The van der Waals surface area contributed by atoms with Crippen LogP contribution in [0.3, 0.4) is 0 Å². The van der Waals surface area contributed by atoms with Gasteiger partial charge in [-0.15, -0.1) is 0 Å². The third kappa shape index (κ3) is 6.20. The fraction of sp³-hybridized carbons (Fsp3) is 0.176. The highest BCUT2D eigenvalue weighted by Crippen LogP contribution is 2.22. The predicted molar refractivity (Wildman–Crippen MR) is 95.7 cm³/mol. The van der Waals surface area contributed by atoms with Crippen molar-refractivity contribution in [2.75, 3.05) is 23.8 Å². The summed E-state index contributed by atoms with van der Waals surface area (Å²) in [5, 5.41) is 6.11. The van der Waals surface area contributed by atoms with Crippen LogP contribution in [0.25, 0.3) is 0 Å². The molecule has 0 unspecified atom stereocenters. The van der Waals surface area contributed by atoms with Gasteiger partial charge in [0.05, 0.1) is 0 Å². The number of carbonyl (C=O) groups is 2. The molecule has 0 fully saturated rings. The minimum absolute atomic E-state index is 0.225. The maximum Gasteiger partial charge on any atom is 0.250 e. The number of carbonyl (C=O) groups excluding carboxylic acids is 2. The highest BCUT2D eigenvalue weighted by atomic mass is 35.5. The van der Waals surface area contributed by atoms with Crippen LogP contribution in [0.4, 0.5) is 11.4 Å². The topological polar surface area (TPSA) is 67.4 Å². The molecule has 24 heavy (non-hydrogen) atoms. The van der Waals surface area contributed by atoms with Gasteiger partial charge in [-0.25, -0.2) is 0 Å². The van der Waals surface area contributed by atoms with Crippen LogP contribution in [-0.4, -0.2) is 25.0 Å². The number of halogens is 2. The molecule has 0 aliphatic rings. The Kier molecular flexibility index (Phi) is 6.61. The highest BCUT2D eigenvalue weighted by molar-refractivity contribution is 6.35. The van der Waals surface area contributed by atoms with E-state index in [0.29, 0.717) is 21.4 Å². The monoisotopic (exact) mass is 366 g/mol. The Hall–Kier alpha value is -2.08. The van der Waals surface area contributed by atoms with Gasteiger partial charge in [0.25, 0.3) is 0 Å². The molecule has 0 radical (unpaired) electrons. The fourth-order valence-electron chi connectivity index (χ4n) is 1.98. The van der Waals surface area contributed by atoms with Crippen LogP contribution in [0.2, 0.25) is 10.0 Å². The van der Waals surface area contributed by atoms with E-state index in [9.17, 15) is 9.59 Å². The van der Waals surface area contributed by atoms with E-state index in [1.54, 1.807) is 24.3 Å². The number of nitrogens with one attached hydrogen (secondary N) is 2. The van der Waals surface area contributed by atoms with Crippen molar-refractivity contribution in [1.82, 2.24) is 0 Å². The summed E-state index contributed by atoms with van der Waals surface area (Å²) in [4.78, 5) is 23.5. The minimum Gasteiger partial charge on any atom is -0.362 e. The Balaban J connectivity index is 1.75. The molecule has 0 saturated heterocycles. The van der Waals surface area contributed by atoms with Crippen LogP contribution in [0.15, 0.2) is 42.5 Å². The lowest BCUT2D eigenvalue weighted by Gasteiger charge is -2.08. The smallest absolute Gasteiger partial charge is 0.250 e. The molecule has 2 N–H and O–H groups in total. The molecule has 0 aromatic heterocycles. The highest BCUT2D eigenvalue weighted by Gasteiger charge is 2.07. The van der Waals surface area contributed by atoms with Crippen molar-refractivity contribution >= 4 is 46.4 Å². The molecule has 7 heteroatoms. The molecule has 2 aromatic rings. The Bertz CT molecular complexity index is 730. The summed E-state index contributed by atoms with van der Waals surface area (Å²) in [5.41, 5.74) is 2.18. The molecule has 126 valence electrons. The van der Waals surface area contributed by atoms with E-state index < -0.39 is 5.91 Å². The third-order valence-electron chi connectivity index (χ3n) is 2.91. The Morgan fingerprint density at radius 3 is 2.08 bits per heavy atom. The average Bonchev–Trinajstić information content (AvgIpc) is 2.45. The molecule has 5 nitrogen and oxygen atoms in total. The number of hydrogen-bond donors (Lipinski definition) is 2. The lowest BCUT2D eigenvalue weighted by atomic mass is 10.2. The second-order valence-corrected chi connectivity index (χ2v) is 5.99. The number of aryl methyl sites for hydroxylation is 1. The maximum absolute atomic E-state index is 11.8. The zero-order chi connectivity index (χ0) is 17.5. The SMILES string of the molecule is Cc1cccc(NC(=O)COCC(=O)Nc2cc(Cl)cc(Cl)c2)c1. The first kappa shape index (κ1) is 18.3. The van der Waals surface area contributed by atoms with E-state index in [2.05, 4.69) is 10.6 Å². The first-order valence-electron chi connectivity index (χ1n) is 7.12. The summed E-state index contributed by atoms with van der Waals surface area (Å²) < 4.78 is 5.10. The Morgan fingerprint density at radius 1 is 0.917 bits per heavy atom. The van der Waals surface area contributed by atoms with E-state index in [0.717, 1.165) is 5.56 Å². The molecule has 0 atom stereocenters. The van der Waals surface area contributed by atoms with E-state index in [-0.39, 0.29) is 19.1 Å². The van der Waals surface area contributed by atoms with E-state index in [4.69, 9.17) is 27.9 Å². The van der Waals surface area contributed by atoms with Crippen LogP contribution in [0.5, 0.6) is 0 Å². The quantitative estimate of drug-likeness (QED) is 0.814. The van der Waals surface area contributed by atoms with Crippen molar-refractivity contribution in [2.24, 2.45) is 0 Å². The number of hydrogen-bond acceptors (Lipinski definition) is 3. The van der Waals surface area contributed by atoms with Crippen molar-refractivity contribution in [1.29, 1.82) is 0 Å². The number of amides is 2. The second kappa shape index (κ2) is 8.68. The average molecular weight is 367 g/mol. The van der Waals surface area contributed by atoms with Crippen molar-refractivity contribution in [2.45, 2.75) is 6.92 Å². The van der Waals surface area contributed by atoms with Gasteiger partial charge in [-0.2, -0.15) is 0 Å². The molecule has 0 spiro atoms. The zero-order valence-electron chi connectivity index (χ0n) is 12.9.